The second-order valence-corrected chi connectivity index (χ2v) is 8.24. The molecule has 0 radical (unpaired) electrons. The largest absolute Gasteiger partial charge is 0.0654 e. The first kappa shape index (κ1) is 12.1. The highest BCUT2D eigenvalue weighted by molar-refractivity contribution is 5.32. The summed E-state index contributed by atoms with van der Waals surface area (Å²) in [6.07, 6.45) is 7.23. The third-order valence-electron chi connectivity index (χ3n) is 8.29. The van der Waals surface area contributed by atoms with E-state index in [9.17, 15) is 0 Å². The number of rotatable bonds is 3. The molecule has 6 atom stereocenters. The van der Waals surface area contributed by atoms with E-state index < -0.39 is 0 Å². The average molecular weight is 234 g/mol. The quantitative estimate of drug-likeness (QED) is 0.623. The van der Waals surface area contributed by atoms with E-state index in [0.717, 1.165) is 11.8 Å². The molecule has 6 unspecified atom stereocenters. The van der Waals surface area contributed by atoms with Gasteiger partial charge in [0.05, 0.1) is 0 Å². The van der Waals surface area contributed by atoms with Crippen molar-refractivity contribution in [2.24, 2.45) is 33.5 Å². The third kappa shape index (κ3) is 0.932. The summed E-state index contributed by atoms with van der Waals surface area (Å²) in [5, 5.41) is 0. The lowest BCUT2D eigenvalue weighted by Crippen LogP contribution is -2.65. The van der Waals surface area contributed by atoms with Crippen molar-refractivity contribution in [3.63, 3.8) is 0 Å². The topological polar surface area (TPSA) is 0 Å². The Bertz CT molecular complexity index is 359. The van der Waals surface area contributed by atoms with Gasteiger partial charge in [-0.25, -0.2) is 0 Å². The Morgan fingerprint density at radius 2 is 1.65 bits per heavy atom. The molecule has 3 rings (SSSR count). The van der Waals surface area contributed by atoms with Gasteiger partial charge in [-0.15, -0.1) is 0 Å². The smallest absolute Gasteiger partial charge is 0.0181 e. The Balaban J connectivity index is 2.02. The molecular formula is C17H30. The average Bonchev–Trinajstić information content (AvgIpc) is 3.04. The molecule has 17 heavy (non-hydrogen) atoms. The molecule has 3 aliphatic carbocycles. The van der Waals surface area contributed by atoms with Crippen LogP contribution in [0.25, 0.3) is 0 Å². The molecule has 0 amide bonds. The molecule has 0 aromatic heterocycles. The van der Waals surface area contributed by atoms with Crippen LogP contribution in [0.15, 0.2) is 0 Å². The van der Waals surface area contributed by atoms with Crippen molar-refractivity contribution >= 4 is 0 Å². The van der Waals surface area contributed by atoms with Crippen molar-refractivity contribution in [1.82, 2.24) is 0 Å². The lowest BCUT2D eigenvalue weighted by Gasteiger charge is -2.72. The molecule has 0 bridgehead atoms. The van der Waals surface area contributed by atoms with Crippen LogP contribution in [0.4, 0.5) is 0 Å². The lowest BCUT2D eigenvalue weighted by atomic mass is 9.32. The zero-order valence-corrected chi connectivity index (χ0v) is 12.7. The second kappa shape index (κ2) is 2.94. The van der Waals surface area contributed by atoms with Gasteiger partial charge in [0.2, 0.25) is 0 Å². The molecule has 0 saturated heterocycles. The van der Waals surface area contributed by atoms with Crippen molar-refractivity contribution in [1.29, 1.82) is 0 Å². The Morgan fingerprint density at radius 3 is 2.18 bits per heavy atom. The minimum Gasteiger partial charge on any atom is -0.0654 e. The maximum Gasteiger partial charge on any atom is -0.0181 e. The van der Waals surface area contributed by atoms with Crippen molar-refractivity contribution in [2.75, 3.05) is 0 Å². The summed E-state index contributed by atoms with van der Waals surface area (Å²) >= 11 is 0. The van der Waals surface area contributed by atoms with Gasteiger partial charge in [-0.3, -0.25) is 0 Å². The number of hydrogen-bond acceptors (Lipinski definition) is 0. The fourth-order valence-corrected chi connectivity index (χ4v) is 6.86. The first-order valence-corrected chi connectivity index (χ1v) is 7.81. The standard InChI is InChI=1S/C17H30/c1-7-9-14(3)11-16(5)15(4,8-2)12-10-13(12)17(14,16)6/h12-13H,7-11H2,1-6H3. The van der Waals surface area contributed by atoms with Gasteiger partial charge in [0.25, 0.3) is 0 Å². The molecular weight excluding hydrogens is 204 g/mol. The van der Waals surface area contributed by atoms with Gasteiger partial charge in [0.1, 0.15) is 0 Å². The van der Waals surface area contributed by atoms with Crippen LogP contribution >= 0.6 is 0 Å². The summed E-state index contributed by atoms with van der Waals surface area (Å²) in [5.74, 6) is 2.11. The summed E-state index contributed by atoms with van der Waals surface area (Å²) in [6.45, 7) is 15.3. The Hall–Kier alpha value is 0. The molecule has 3 aliphatic rings. The van der Waals surface area contributed by atoms with E-state index in [-0.39, 0.29) is 0 Å². The number of hydrogen-bond donors (Lipinski definition) is 0. The van der Waals surface area contributed by atoms with Crippen LogP contribution in [-0.4, -0.2) is 0 Å². The minimum atomic E-state index is 0.631. The predicted molar refractivity (Wildman–Crippen MR) is 73.8 cm³/mol. The van der Waals surface area contributed by atoms with Crippen molar-refractivity contribution in [3.05, 3.63) is 0 Å². The van der Waals surface area contributed by atoms with Crippen LogP contribution in [0.5, 0.6) is 0 Å². The predicted octanol–water partition coefficient (Wildman–Crippen LogP) is 5.28. The van der Waals surface area contributed by atoms with E-state index in [1.807, 2.05) is 0 Å². The highest BCUT2D eigenvalue weighted by Gasteiger charge is 2.84. The highest BCUT2D eigenvalue weighted by Crippen LogP contribution is 2.91. The molecule has 0 N–H and O–H groups in total. The summed E-state index contributed by atoms with van der Waals surface area (Å²) in [6, 6.07) is 0. The van der Waals surface area contributed by atoms with Gasteiger partial charge in [0, 0.05) is 0 Å². The van der Waals surface area contributed by atoms with Crippen LogP contribution in [0.1, 0.15) is 73.6 Å². The fourth-order valence-electron chi connectivity index (χ4n) is 6.86. The van der Waals surface area contributed by atoms with Gasteiger partial charge in [-0.1, -0.05) is 48.0 Å². The zero-order chi connectivity index (χ0) is 12.7. The van der Waals surface area contributed by atoms with Gasteiger partial charge >= 0.3 is 0 Å². The fraction of sp³-hybridized carbons (Fsp3) is 1.00. The monoisotopic (exact) mass is 234 g/mol. The van der Waals surface area contributed by atoms with E-state index in [1.165, 1.54) is 32.1 Å². The van der Waals surface area contributed by atoms with Gasteiger partial charge < -0.3 is 0 Å². The van der Waals surface area contributed by atoms with E-state index in [2.05, 4.69) is 41.5 Å². The highest BCUT2D eigenvalue weighted by atomic mass is 14.9. The van der Waals surface area contributed by atoms with Crippen molar-refractivity contribution < 1.29 is 0 Å². The first-order chi connectivity index (χ1) is 7.81. The molecule has 0 nitrogen and oxygen atoms in total. The minimum absolute atomic E-state index is 0.631. The van der Waals surface area contributed by atoms with Crippen molar-refractivity contribution in [3.8, 4) is 0 Å². The normalized spacial score (nSPS) is 63.9. The number of fused-ring (bicyclic) bond motifs is 3. The van der Waals surface area contributed by atoms with E-state index in [4.69, 9.17) is 0 Å². The molecule has 0 heterocycles. The van der Waals surface area contributed by atoms with Crippen LogP contribution in [-0.2, 0) is 0 Å². The Kier molecular flexibility index (Phi) is 2.08. The van der Waals surface area contributed by atoms with E-state index in [1.54, 1.807) is 0 Å². The summed E-state index contributed by atoms with van der Waals surface area (Å²) < 4.78 is 0. The van der Waals surface area contributed by atoms with Gasteiger partial charge in [-0.05, 0) is 59.2 Å². The van der Waals surface area contributed by atoms with E-state index >= 15 is 0 Å². The maximum atomic E-state index is 2.65. The van der Waals surface area contributed by atoms with Crippen LogP contribution in [0, 0.1) is 33.5 Å². The SMILES string of the molecule is CCCC1(C)CC2(C)C(C)(CC)C3CC3C12C. The molecule has 0 aromatic rings. The molecule has 0 heteroatoms. The van der Waals surface area contributed by atoms with Crippen molar-refractivity contribution in [2.45, 2.75) is 73.6 Å². The van der Waals surface area contributed by atoms with E-state index in [0.29, 0.717) is 21.7 Å². The zero-order valence-electron chi connectivity index (χ0n) is 12.7. The molecule has 98 valence electrons. The molecule has 3 saturated carbocycles. The maximum absolute atomic E-state index is 2.65. The molecule has 3 fully saturated rings. The Morgan fingerprint density at radius 1 is 1.00 bits per heavy atom. The second-order valence-electron chi connectivity index (χ2n) is 8.24. The van der Waals surface area contributed by atoms with Gasteiger partial charge in [0.15, 0.2) is 0 Å². The summed E-state index contributed by atoms with van der Waals surface area (Å²) in [4.78, 5) is 0. The Labute approximate surface area is 108 Å². The lowest BCUT2D eigenvalue weighted by molar-refractivity contribution is -0.234. The van der Waals surface area contributed by atoms with Crippen LogP contribution in [0.3, 0.4) is 0 Å². The molecule has 0 spiro atoms. The summed E-state index contributed by atoms with van der Waals surface area (Å²) in [5.41, 5.74) is 2.56. The molecule has 0 aromatic carbocycles. The first-order valence-electron chi connectivity index (χ1n) is 7.81. The third-order valence-corrected chi connectivity index (χ3v) is 8.29. The van der Waals surface area contributed by atoms with Gasteiger partial charge in [-0.2, -0.15) is 0 Å². The van der Waals surface area contributed by atoms with Crippen LogP contribution in [0.2, 0.25) is 0 Å². The molecule has 0 aliphatic heterocycles. The summed E-state index contributed by atoms with van der Waals surface area (Å²) in [7, 11) is 0. The van der Waals surface area contributed by atoms with Crippen LogP contribution < -0.4 is 0 Å².